The quantitative estimate of drug-likeness (QED) is 0.817. The van der Waals surface area contributed by atoms with Gasteiger partial charge in [0.15, 0.2) is 5.65 Å². The number of imidazole rings is 1. The van der Waals surface area contributed by atoms with Crippen LogP contribution in [0, 0.1) is 0 Å². The molecule has 2 heterocycles. The largest absolute Gasteiger partial charge is 0.406 e. The first-order chi connectivity index (χ1) is 12.5. The molecule has 0 aliphatic heterocycles. The van der Waals surface area contributed by atoms with Gasteiger partial charge in [-0.15, -0.1) is 0 Å². The van der Waals surface area contributed by atoms with Gasteiger partial charge in [0.25, 0.3) is 0 Å². The Balaban J connectivity index is 1.82. The Labute approximate surface area is 155 Å². The van der Waals surface area contributed by atoms with Gasteiger partial charge in [0.2, 0.25) is 11.9 Å². The molecule has 0 atom stereocenters. The first-order valence-corrected chi connectivity index (χ1v) is 8.89. The second-order valence-corrected chi connectivity index (χ2v) is 7.75. The number of anilines is 1. The Kier molecular flexibility index (Phi) is 5.16. The molecule has 1 amide bonds. The number of fused-ring (bicyclic) bond motifs is 1. The molecular weight excluding hydrogens is 361 g/mol. The summed E-state index contributed by atoms with van der Waals surface area (Å²) in [5.74, 6) is -0.305. The van der Waals surface area contributed by atoms with Crippen LogP contribution >= 0.6 is 0 Å². The number of carbonyl (C=O) groups excluding carboxylic acids is 1. The van der Waals surface area contributed by atoms with Crippen LogP contribution in [0.2, 0.25) is 0 Å². The fourth-order valence-electron chi connectivity index (χ4n) is 2.68. The topological polar surface area (TPSA) is 69.0 Å². The zero-order valence-corrected chi connectivity index (χ0v) is 15.6. The molecule has 0 radical (unpaired) electrons. The first-order valence-electron chi connectivity index (χ1n) is 8.89. The van der Waals surface area contributed by atoms with E-state index in [0.717, 1.165) is 23.1 Å². The number of alkyl halides is 3. The van der Waals surface area contributed by atoms with Crippen molar-refractivity contribution in [1.82, 2.24) is 14.5 Å². The van der Waals surface area contributed by atoms with Crippen molar-refractivity contribution >= 4 is 23.0 Å². The highest BCUT2D eigenvalue weighted by Gasteiger charge is 2.32. The van der Waals surface area contributed by atoms with E-state index in [1.165, 1.54) is 0 Å². The van der Waals surface area contributed by atoms with Gasteiger partial charge in [-0.2, -0.15) is 13.2 Å². The molecule has 0 bridgehead atoms. The molecule has 1 fully saturated rings. The molecule has 1 saturated carbocycles. The van der Waals surface area contributed by atoms with Crippen LogP contribution in [-0.2, 0) is 16.1 Å². The second kappa shape index (κ2) is 7.10. The van der Waals surface area contributed by atoms with Crippen LogP contribution in [0.5, 0.6) is 0 Å². The van der Waals surface area contributed by atoms with Crippen molar-refractivity contribution in [2.24, 2.45) is 0 Å². The van der Waals surface area contributed by atoms with Gasteiger partial charge < -0.3 is 4.74 Å². The predicted octanol–water partition coefficient (Wildman–Crippen LogP) is 4.01. The zero-order valence-electron chi connectivity index (χ0n) is 15.6. The zero-order chi connectivity index (χ0) is 19.8. The van der Waals surface area contributed by atoms with Gasteiger partial charge in [0.05, 0.1) is 18.6 Å². The van der Waals surface area contributed by atoms with Crippen LogP contribution in [0.25, 0.3) is 11.2 Å². The van der Waals surface area contributed by atoms with Crippen LogP contribution in [0.15, 0.2) is 12.1 Å². The van der Waals surface area contributed by atoms with Crippen LogP contribution in [0.3, 0.4) is 0 Å². The van der Waals surface area contributed by atoms with E-state index in [4.69, 9.17) is 4.74 Å². The van der Waals surface area contributed by atoms with Crippen molar-refractivity contribution < 1.29 is 22.7 Å². The van der Waals surface area contributed by atoms with E-state index in [-0.39, 0.29) is 24.6 Å². The minimum Gasteiger partial charge on any atom is -0.375 e. The lowest BCUT2D eigenvalue weighted by atomic mass is 10.2. The first kappa shape index (κ1) is 19.6. The van der Waals surface area contributed by atoms with Gasteiger partial charge in [-0.3, -0.25) is 14.7 Å². The van der Waals surface area contributed by atoms with Gasteiger partial charge >= 0.3 is 6.18 Å². The standard InChI is InChI=1S/C18H23F3N4O2/c1-17(2,3)27-9-8-14(26)24-16-23-13-7-6-12(11-4-5-11)22-15(13)25(16)10-18(19,20)21/h6-7,11H,4-5,8-10H2,1-3H3,(H,23,24,26). The third-order valence-electron chi connectivity index (χ3n) is 4.06. The van der Waals surface area contributed by atoms with Crippen LogP contribution in [-0.4, -0.2) is 38.8 Å². The highest BCUT2D eigenvalue weighted by Crippen LogP contribution is 2.39. The van der Waals surface area contributed by atoms with Gasteiger partial charge in [-0.25, -0.2) is 9.97 Å². The molecular formula is C18H23F3N4O2. The predicted molar refractivity (Wildman–Crippen MR) is 94.5 cm³/mol. The van der Waals surface area contributed by atoms with Crippen molar-refractivity contribution in [3.8, 4) is 0 Å². The summed E-state index contributed by atoms with van der Waals surface area (Å²) >= 11 is 0. The maximum atomic E-state index is 13.1. The van der Waals surface area contributed by atoms with E-state index in [2.05, 4.69) is 15.3 Å². The molecule has 0 unspecified atom stereocenters. The number of carbonyl (C=O) groups is 1. The Morgan fingerprint density at radius 3 is 2.56 bits per heavy atom. The summed E-state index contributed by atoms with van der Waals surface area (Å²) in [6, 6.07) is 3.44. The highest BCUT2D eigenvalue weighted by molar-refractivity contribution is 5.91. The molecule has 148 valence electrons. The van der Waals surface area contributed by atoms with E-state index < -0.39 is 24.2 Å². The van der Waals surface area contributed by atoms with E-state index in [9.17, 15) is 18.0 Å². The molecule has 1 N–H and O–H groups in total. The van der Waals surface area contributed by atoms with E-state index in [1.54, 1.807) is 12.1 Å². The number of hydrogen-bond donors (Lipinski definition) is 1. The van der Waals surface area contributed by atoms with Crippen LogP contribution in [0.1, 0.15) is 51.6 Å². The van der Waals surface area contributed by atoms with Gasteiger partial charge in [0, 0.05) is 11.6 Å². The summed E-state index contributed by atoms with van der Waals surface area (Å²) in [4.78, 5) is 20.6. The highest BCUT2D eigenvalue weighted by atomic mass is 19.4. The van der Waals surface area contributed by atoms with Gasteiger partial charge in [-0.05, 0) is 45.7 Å². The maximum Gasteiger partial charge on any atom is 0.406 e. The molecule has 27 heavy (non-hydrogen) atoms. The van der Waals surface area contributed by atoms with Crippen molar-refractivity contribution in [1.29, 1.82) is 0 Å². The van der Waals surface area contributed by atoms with Gasteiger partial charge in [0.1, 0.15) is 12.1 Å². The summed E-state index contributed by atoms with van der Waals surface area (Å²) in [6.07, 6.45) is -2.46. The Bertz CT molecular complexity index is 835. The van der Waals surface area contributed by atoms with E-state index in [0.29, 0.717) is 11.4 Å². The molecule has 2 aromatic rings. The van der Waals surface area contributed by atoms with Crippen molar-refractivity contribution in [2.45, 2.75) is 64.3 Å². The molecule has 0 spiro atoms. The Morgan fingerprint density at radius 1 is 1.26 bits per heavy atom. The van der Waals surface area contributed by atoms with Crippen LogP contribution < -0.4 is 5.32 Å². The number of nitrogens with one attached hydrogen (secondary N) is 1. The number of ether oxygens (including phenoxy) is 1. The van der Waals surface area contributed by atoms with Crippen molar-refractivity contribution in [3.05, 3.63) is 17.8 Å². The average Bonchev–Trinajstić information content (AvgIpc) is 3.31. The summed E-state index contributed by atoms with van der Waals surface area (Å²) in [6.45, 7) is 4.47. The van der Waals surface area contributed by atoms with Gasteiger partial charge in [-0.1, -0.05) is 0 Å². The number of rotatable bonds is 6. The average molecular weight is 384 g/mol. The molecule has 3 rings (SSSR count). The normalized spacial score (nSPS) is 15.3. The number of nitrogens with zero attached hydrogens (tertiary/aromatic N) is 3. The van der Waals surface area contributed by atoms with Crippen molar-refractivity contribution in [3.63, 3.8) is 0 Å². The summed E-state index contributed by atoms with van der Waals surface area (Å²) in [7, 11) is 0. The smallest absolute Gasteiger partial charge is 0.375 e. The third-order valence-corrected chi connectivity index (χ3v) is 4.06. The molecule has 1 aliphatic rings. The number of amides is 1. The van der Waals surface area contributed by atoms with Crippen molar-refractivity contribution in [2.75, 3.05) is 11.9 Å². The molecule has 1 aliphatic carbocycles. The lowest BCUT2D eigenvalue weighted by molar-refractivity contribution is -0.139. The van der Waals surface area contributed by atoms with E-state index >= 15 is 0 Å². The lowest BCUT2D eigenvalue weighted by Gasteiger charge is -2.19. The summed E-state index contributed by atoms with van der Waals surface area (Å²) in [5.41, 5.74) is 0.831. The Morgan fingerprint density at radius 2 is 1.96 bits per heavy atom. The molecule has 0 aromatic carbocycles. The third kappa shape index (κ3) is 5.41. The number of hydrogen-bond acceptors (Lipinski definition) is 4. The second-order valence-electron chi connectivity index (χ2n) is 7.75. The molecule has 2 aromatic heterocycles. The number of pyridine rings is 1. The molecule has 9 heteroatoms. The Hall–Kier alpha value is -2.16. The number of aromatic nitrogens is 3. The lowest BCUT2D eigenvalue weighted by Crippen LogP contribution is -2.25. The molecule has 6 nitrogen and oxygen atoms in total. The minimum atomic E-state index is -4.46. The maximum absolute atomic E-state index is 13.1. The summed E-state index contributed by atoms with van der Waals surface area (Å²) in [5, 5.41) is 2.47. The van der Waals surface area contributed by atoms with Crippen LogP contribution in [0.4, 0.5) is 19.1 Å². The SMILES string of the molecule is CC(C)(C)OCCC(=O)Nc1nc2ccc(C3CC3)nc2n1CC(F)(F)F. The van der Waals surface area contributed by atoms with E-state index in [1.807, 2.05) is 20.8 Å². The minimum absolute atomic E-state index is 0.0211. The monoisotopic (exact) mass is 384 g/mol. The fourth-order valence-corrected chi connectivity index (χ4v) is 2.68. The summed E-state index contributed by atoms with van der Waals surface area (Å²) < 4.78 is 45.6. The number of halogens is 3. The molecule has 0 saturated heterocycles. The fraction of sp³-hybridized carbons (Fsp3) is 0.611.